The number of aryl methyl sites for hydroxylation is 1. The first kappa shape index (κ1) is 22.7. The van der Waals surface area contributed by atoms with Gasteiger partial charge in [0.05, 0.1) is 4.90 Å². The van der Waals surface area contributed by atoms with Gasteiger partial charge in [-0.3, -0.25) is 4.79 Å². The van der Waals surface area contributed by atoms with E-state index in [1.54, 1.807) is 61.6 Å². The van der Waals surface area contributed by atoms with Crippen molar-refractivity contribution in [2.24, 2.45) is 0 Å². The Morgan fingerprint density at radius 1 is 0.871 bits per heavy atom. The van der Waals surface area contributed by atoms with Crippen LogP contribution in [0.1, 0.15) is 34.8 Å². The Kier molecular flexibility index (Phi) is 7.60. The number of hydrogen-bond donors (Lipinski definition) is 1. The first-order valence-corrected chi connectivity index (χ1v) is 11.8. The molecule has 0 aromatic heterocycles. The van der Waals surface area contributed by atoms with Crippen LogP contribution in [0.25, 0.3) is 0 Å². The quantitative estimate of drug-likeness (QED) is 0.545. The molecule has 1 atom stereocenters. The van der Waals surface area contributed by atoms with Crippen LogP contribution in [0.3, 0.4) is 0 Å². The molecule has 0 unspecified atom stereocenters. The SMILES string of the molecule is C[C@@H](CCc1ccccc1)NC(=O)c1ccc(CN(C)S(=O)(=O)c2ccccc2)cc1. The van der Waals surface area contributed by atoms with Gasteiger partial charge in [0.15, 0.2) is 0 Å². The molecule has 162 valence electrons. The predicted molar refractivity (Wildman–Crippen MR) is 123 cm³/mol. The second-order valence-electron chi connectivity index (χ2n) is 7.67. The molecule has 1 amide bonds. The van der Waals surface area contributed by atoms with Gasteiger partial charge in [-0.25, -0.2) is 8.42 Å². The van der Waals surface area contributed by atoms with Crippen LogP contribution in [0, 0.1) is 0 Å². The summed E-state index contributed by atoms with van der Waals surface area (Å²) in [6, 6.07) is 25.7. The summed E-state index contributed by atoms with van der Waals surface area (Å²) >= 11 is 0. The summed E-state index contributed by atoms with van der Waals surface area (Å²) in [5, 5.41) is 3.03. The fourth-order valence-electron chi connectivity index (χ4n) is 3.28. The Labute approximate surface area is 184 Å². The molecular formula is C25H28N2O3S. The standard InChI is InChI=1S/C25H28N2O3S/c1-20(13-14-21-9-5-3-6-10-21)26-25(28)23-17-15-22(16-18-23)19-27(2)31(29,30)24-11-7-4-8-12-24/h3-12,15-18,20H,13-14,19H2,1-2H3,(H,26,28)/t20-/m0/s1. The third-order valence-corrected chi connectivity index (χ3v) is 6.98. The number of amides is 1. The zero-order valence-electron chi connectivity index (χ0n) is 17.9. The van der Waals surface area contributed by atoms with Gasteiger partial charge in [-0.1, -0.05) is 60.7 Å². The van der Waals surface area contributed by atoms with Gasteiger partial charge in [-0.05, 0) is 55.2 Å². The van der Waals surface area contributed by atoms with Crippen molar-refractivity contribution in [3.8, 4) is 0 Å². The number of benzene rings is 3. The van der Waals surface area contributed by atoms with E-state index in [-0.39, 0.29) is 23.4 Å². The Morgan fingerprint density at radius 2 is 1.45 bits per heavy atom. The van der Waals surface area contributed by atoms with Crippen molar-refractivity contribution in [3.63, 3.8) is 0 Å². The van der Waals surface area contributed by atoms with Crippen molar-refractivity contribution < 1.29 is 13.2 Å². The molecule has 3 rings (SSSR count). The molecule has 0 heterocycles. The van der Waals surface area contributed by atoms with E-state index in [1.165, 1.54) is 9.87 Å². The van der Waals surface area contributed by atoms with E-state index < -0.39 is 10.0 Å². The smallest absolute Gasteiger partial charge is 0.251 e. The molecule has 31 heavy (non-hydrogen) atoms. The highest BCUT2D eigenvalue weighted by atomic mass is 32.2. The maximum atomic E-state index is 12.7. The maximum Gasteiger partial charge on any atom is 0.251 e. The zero-order valence-corrected chi connectivity index (χ0v) is 18.7. The van der Waals surface area contributed by atoms with Gasteiger partial charge in [-0.2, -0.15) is 4.31 Å². The molecule has 0 radical (unpaired) electrons. The largest absolute Gasteiger partial charge is 0.350 e. The van der Waals surface area contributed by atoms with Crippen molar-refractivity contribution in [2.75, 3.05) is 7.05 Å². The van der Waals surface area contributed by atoms with Crippen molar-refractivity contribution in [2.45, 2.75) is 37.2 Å². The average molecular weight is 437 g/mol. The number of carbonyl (C=O) groups excluding carboxylic acids is 1. The van der Waals surface area contributed by atoms with Gasteiger partial charge in [0.25, 0.3) is 5.91 Å². The zero-order chi connectivity index (χ0) is 22.3. The predicted octanol–water partition coefficient (Wildman–Crippen LogP) is 4.26. The minimum atomic E-state index is -3.55. The summed E-state index contributed by atoms with van der Waals surface area (Å²) in [7, 11) is -2.00. The molecule has 0 saturated heterocycles. The van der Waals surface area contributed by atoms with Gasteiger partial charge in [0.2, 0.25) is 10.0 Å². The highest BCUT2D eigenvalue weighted by molar-refractivity contribution is 7.89. The summed E-state index contributed by atoms with van der Waals surface area (Å²) in [5.74, 6) is -0.127. The summed E-state index contributed by atoms with van der Waals surface area (Å²) in [4.78, 5) is 12.8. The number of hydrogen-bond acceptors (Lipinski definition) is 3. The van der Waals surface area contributed by atoms with Gasteiger partial charge < -0.3 is 5.32 Å². The van der Waals surface area contributed by atoms with Crippen LogP contribution in [0.2, 0.25) is 0 Å². The number of carbonyl (C=O) groups is 1. The van der Waals surface area contributed by atoms with E-state index in [2.05, 4.69) is 17.4 Å². The van der Waals surface area contributed by atoms with Crippen LogP contribution in [0.5, 0.6) is 0 Å². The molecule has 0 bridgehead atoms. The van der Waals surface area contributed by atoms with Crippen LogP contribution in [-0.2, 0) is 23.0 Å². The normalized spacial score (nSPS) is 12.5. The monoisotopic (exact) mass is 436 g/mol. The highest BCUT2D eigenvalue weighted by Crippen LogP contribution is 2.17. The fraction of sp³-hybridized carbons (Fsp3) is 0.240. The summed E-state index contributed by atoms with van der Waals surface area (Å²) in [6.45, 7) is 2.23. The number of nitrogens with one attached hydrogen (secondary N) is 1. The number of rotatable bonds is 9. The molecule has 0 aliphatic rings. The lowest BCUT2D eigenvalue weighted by Crippen LogP contribution is -2.32. The van der Waals surface area contributed by atoms with Crippen LogP contribution in [0.4, 0.5) is 0 Å². The fourth-order valence-corrected chi connectivity index (χ4v) is 4.46. The molecule has 3 aromatic carbocycles. The minimum Gasteiger partial charge on any atom is -0.350 e. The lowest BCUT2D eigenvalue weighted by molar-refractivity contribution is 0.0938. The lowest BCUT2D eigenvalue weighted by Gasteiger charge is -2.18. The molecule has 6 heteroatoms. The molecule has 1 N–H and O–H groups in total. The van der Waals surface area contributed by atoms with Gasteiger partial charge in [0.1, 0.15) is 0 Å². The molecule has 0 aliphatic carbocycles. The first-order valence-electron chi connectivity index (χ1n) is 10.3. The Morgan fingerprint density at radius 3 is 2.06 bits per heavy atom. The van der Waals surface area contributed by atoms with E-state index in [4.69, 9.17) is 0 Å². The highest BCUT2D eigenvalue weighted by Gasteiger charge is 2.20. The van der Waals surface area contributed by atoms with E-state index >= 15 is 0 Å². The molecule has 5 nitrogen and oxygen atoms in total. The third kappa shape index (κ3) is 6.26. The molecular weight excluding hydrogens is 408 g/mol. The molecule has 0 saturated carbocycles. The Bertz CT molecular complexity index is 1080. The molecule has 0 spiro atoms. The molecule has 0 fully saturated rings. The third-order valence-electron chi connectivity index (χ3n) is 5.16. The summed E-state index contributed by atoms with van der Waals surface area (Å²) in [5.41, 5.74) is 2.63. The molecule has 0 aliphatic heterocycles. The van der Waals surface area contributed by atoms with Gasteiger partial charge in [0, 0.05) is 25.2 Å². The average Bonchev–Trinajstić information content (AvgIpc) is 2.79. The van der Waals surface area contributed by atoms with Gasteiger partial charge >= 0.3 is 0 Å². The van der Waals surface area contributed by atoms with Crippen molar-refractivity contribution >= 4 is 15.9 Å². The first-order chi connectivity index (χ1) is 14.9. The van der Waals surface area contributed by atoms with Crippen molar-refractivity contribution in [1.82, 2.24) is 9.62 Å². The second-order valence-corrected chi connectivity index (χ2v) is 9.71. The van der Waals surface area contributed by atoms with Crippen LogP contribution in [-0.4, -0.2) is 31.7 Å². The topological polar surface area (TPSA) is 66.5 Å². The van der Waals surface area contributed by atoms with Crippen molar-refractivity contribution in [3.05, 3.63) is 102 Å². The number of nitrogens with zero attached hydrogens (tertiary/aromatic N) is 1. The van der Waals surface area contributed by atoms with Gasteiger partial charge in [-0.15, -0.1) is 0 Å². The van der Waals surface area contributed by atoms with E-state index in [0.717, 1.165) is 18.4 Å². The van der Waals surface area contributed by atoms with Crippen LogP contribution in [0.15, 0.2) is 89.8 Å². The minimum absolute atomic E-state index is 0.0505. The number of sulfonamides is 1. The van der Waals surface area contributed by atoms with Crippen LogP contribution < -0.4 is 5.32 Å². The molecule has 3 aromatic rings. The summed E-state index contributed by atoms with van der Waals surface area (Å²) < 4.78 is 26.6. The van der Waals surface area contributed by atoms with E-state index in [0.29, 0.717) is 5.56 Å². The lowest BCUT2D eigenvalue weighted by atomic mass is 10.1. The van der Waals surface area contributed by atoms with E-state index in [1.807, 2.05) is 25.1 Å². The summed E-state index contributed by atoms with van der Waals surface area (Å²) in [6.07, 6.45) is 1.76. The Balaban J connectivity index is 1.55. The van der Waals surface area contributed by atoms with Crippen LogP contribution >= 0.6 is 0 Å². The Hall–Kier alpha value is -2.96. The van der Waals surface area contributed by atoms with E-state index in [9.17, 15) is 13.2 Å². The van der Waals surface area contributed by atoms with Crippen molar-refractivity contribution in [1.29, 1.82) is 0 Å². The maximum absolute atomic E-state index is 12.7. The second kappa shape index (κ2) is 10.4.